The lowest BCUT2D eigenvalue weighted by molar-refractivity contribution is 0.0912. The highest BCUT2D eigenvalue weighted by atomic mass is 19.1. The number of carbonyl (C=O) groups is 1. The zero-order chi connectivity index (χ0) is 25.5. The van der Waals surface area contributed by atoms with Crippen molar-refractivity contribution in [1.82, 2.24) is 9.88 Å². The molecule has 1 heterocycles. The van der Waals surface area contributed by atoms with Gasteiger partial charge in [-0.3, -0.25) is 4.79 Å². The van der Waals surface area contributed by atoms with Gasteiger partial charge >= 0.3 is 0 Å². The quantitative estimate of drug-likeness (QED) is 0.287. The van der Waals surface area contributed by atoms with Gasteiger partial charge in [0, 0.05) is 24.1 Å². The zero-order valence-corrected chi connectivity index (χ0v) is 20.6. The van der Waals surface area contributed by atoms with E-state index < -0.39 is 6.04 Å². The number of aliphatic hydroxyl groups is 1. The van der Waals surface area contributed by atoms with E-state index in [1.54, 1.807) is 24.3 Å². The number of halogens is 1. The first-order valence-corrected chi connectivity index (χ1v) is 12.1. The maximum absolute atomic E-state index is 13.3. The molecule has 0 spiro atoms. The van der Waals surface area contributed by atoms with Crippen LogP contribution in [0.2, 0.25) is 0 Å². The Morgan fingerprint density at radius 1 is 1.08 bits per heavy atom. The zero-order valence-electron chi connectivity index (χ0n) is 20.6. The molecule has 4 aromatic rings. The number of fused-ring (bicyclic) bond motifs is 1. The first kappa shape index (κ1) is 25.2. The largest absolute Gasteiger partial charge is 0.493 e. The molecular weight excluding hydrogens is 455 g/mol. The number of rotatable bonds is 10. The first-order valence-electron chi connectivity index (χ1n) is 12.1. The van der Waals surface area contributed by atoms with E-state index >= 15 is 0 Å². The van der Waals surface area contributed by atoms with Crippen LogP contribution in [0.25, 0.3) is 23.1 Å². The topological polar surface area (TPSA) is 63.5 Å². The summed E-state index contributed by atoms with van der Waals surface area (Å²) < 4.78 is 21.1. The number of aliphatic hydroxyl groups excluding tert-OH is 1. The number of ether oxygens (including phenoxy) is 1. The van der Waals surface area contributed by atoms with Crippen LogP contribution in [0.3, 0.4) is 0 Å². The summed E-state index contributed by atoms with van der Waals surface area (Å²) in [5, 5.41) is 14.2. The highest BCUT2D eigenvalue weighted by Crippen LogP contribution is 2.24. The van der Waals surface area contributed by atoms with Crippen LogP contribution in [0.15, 0.2) is 72.9 Å². The van der Waals surface area contributed by atoms with E-state index in [1.807, 2.05) is 56.6 Å². The van der Waals surface area contributed by atoms with Gasteiger partial charge in [-0.1, -0.05) is 55.5 Å². The van der Waals surface area contributed by atoms with Crippen LogP contribution >= 0.6 is 0 Å². The fraction of sp³-hybridized carbons (Fsp3) is 0.233. The third-order valence-corrected chi connectivity index (χ3v) is 6.05. The molecule has 6 heteroatoms. The lowest BCUT2D eigenvalue weighted by atomic mass is 10.0. The van der Waals surface area contributed by atoms with Gasteiger partial charge in [-0.25, -0.2) is 4.39 Å². The van der Waals surface area contributed by atoms with Gasteiger partial charge in [-0.05, 0) is 59.9 Å². The molecule has 0 bridgehead atoms. The van der Waals surface area contributed by atoms with Crippen LogP contribution in [0.1, 0.15) is 40.4 Å². The van der Waals surface area contributed by atoms with Crippen molar-refractivity contribution in [3.8, 4) is 5.75 Å². The van der Waals surface area contributed by atoms with Crippen molar-refractivity contribution in [2.75, 3.05) is 13.2 Å². The number of nitrogens with one attached hydrogen (secondary N) is 1. The second kappa shape index (κ2) is 11.7. The van der Waals surface area contributed by atoms with Crippen molar-refractivity contribution < 1.29 is 19.0 Å². The van der Waals surface area contributed by atoms with Gasteiger partial charge in [0.15, 0.2) is 0 Å². The minimum absolute atomic E-state index is 0.190. The van der Waals surface area contributed by atoms with E-state index in [9.17, 15) is 14.3 Å². The fourth-order valence-corrected chi connectivity index (χ4v) is 4.21. The van der Waals surface area contributed by atoms with Gasteiger partial charge in [0.05, 0.1) is 24.8 Å². The smallest absolute Gasteiger partial charge is 0.255 e. The minimum Gasteiger partial charge on any atom is -0.493 e. The molecule has 0 radical (unpaired) electrons. The summed E-state index contributed by atoms with van der Waals surface area (Å²) in [5.41, 5.74) is 4.23. The number of hydrogen-bond acceptors (Lipinski definition) is 3. The Kier molecular flexibility index (Phi) is 8.18. The van der Waals surface area contributed by atoms with Gasteiger partial charge in [0.2, 0.25) is 0 Å². The number of amides is 1. The van der Waals surface area contributed by atoms with Gasteiger partial charge in [0.25, 0.3) is 5.91 Å². The number of nitrogens with zero attached hydrogens (tertiary/aromatic N) is 1. The Bertz CT molecular complexity index is 1360. The Morgan fingerprint density at radius 2 is 1.81 bits per heavy atom. The summed E-state index contributed by atoms with van der Waals surface area (Å²) in [7, 11) is 1.99. The van der Waals surface area contributed by atoms with Crippen molar-refractivity contribution in [1.29, 1.82) is 0 Å². The second-order valence-corrected chi connectivity index (χ2v) is 8.83. The van der Waals surface area contributed by atoms with E-state index in [0.29, 0.717) is 24.3 Å². The standard InChI is InChI=1S/C30H31FN2O3/c1-3-16-36-29-15-12-22(9-8-21-10-13-24(31)14-11-21)17-27(29)30(35)32-25(20-34)18-23-19-33(2)28-7-5-4-6-26(23)28/h4-15,17,19,25,34H,3,16,18,20H2,1-2H3,(H,32,35)/t25-/m1/s1. The summed E-state index contributed by atoms with van der Waals surface area (Å²) in [4.78, 5) is 13.3. The van der Waals surface area contributed by atoms with E-state index in [4.69, 9.17) is 4.74 Å². The Labute approximate surface area is 210 Å². The van der Waals surface area contributed by atoms with Crippen molar-refractivity contribution in [2.45, 2.75) is 25.8 Å². The number of aromatic nitrogens is 1. The Balaban J connectivity index is 1.55. The highest BCUT2D eigenvalue weighted by Gasteiger charge is 2.19. The molecule has 0 unspecified atom stereocenters. The molecule has 0 aliphatic rings. The fourth-order valence-electron chi connectivity index (χ4n) is 4.21. The van der Waals surface area contributed by atoms with E-state index in [2.05, 4.69) is 16.0 Å². The van der Waals surface area contributed by atoms with Crippen molar-refractivity contribution in [3.05, 3.63) is 101 Å². The third kappa shape index (κ3) is 6.01. The Hall–Kier alpha value is -3.90. The lowest BCUT2D eigenvalue weighted by Crippen LogP contribution is -2.39. The monoisotopic (exact) mass is 486 g/mol. The molecule has 0 saturated carbocycles. The SMILES string of the molecule is CCCOc1ccc(C=Cc2ccc(F)cc2)cc1C(=O)N[C@@H](CO)Cc1cn(C)c2ccccc12. The molecule has 0 aliphatic carbocycles. The predicted molar refractivity (Wildman–Crippen MR) is 143 cm³/mol. The van der Waals surface area contributed by atoms with Crippen LogP contribution in [0.5, 0.6) is 5.75 Å². The third-order valence-electron chi connectivity index (χ3n) is 6.05. The van der Waals surface area contributed by atoms with E-state index in [-0.39, 0.29) is 18.3 Å². The summed E-state index contributed by atoms with van der Waals surface area (Å²) in [6, 6.07) is 19.3. The van der Waals surface area contributed by atoms with Crippen LogP contribution in [-0.2, 0) is 13.5 Å². The van der Waals surface area contributed by atoms with Gasteiger partial charge in [-0.15, -0.1) is 0 Å². The molecule has 2 N–H and O–H groups in total. The minimum atomic E-state index is -0.458. The number of para-hydroxylation sites is 1. The van der Waals surface area contributed by atoms with Crippen LogP contribution in [0, 0.1) is 5.82 Å². The molecule has 1 aromatic heterocycles. The normalized spacial score (nSPS) is 12.2. The molecule has 1 atom stereocenters. The number of carbonyl (C=O) groups excluding carboxylic acids is 1. The van der Waals surface area contributed by atoms with E-state index in [0.717, 1.165) is 34.0 Å². The number of hydrogen-bond donors (Lipinski definition) is 2. The summed E-state index contributed by atoms with van der Waals surface area (Å²) in [6.07, 6.45) is 7.08. The molecule has 4 rings (SSSR count). The Morgan fingerprint density at radius 3 is 2.56 bits per heavy atom. The average molecular weight is 487 g/mol. The van der Waals surface area contributed by atoms with Crippen molar-refractivity contribution in [2.24, 2.45) is 7.05 Å². The molecule has 5 nitrogen and oxygen atoms in total. The maximum atomic E-state index is 13.3. The molecule has 36 heavy (non-hydrogen) atoms. The highest BCUT2D eigenvalue weighted by molar-refractivity contribution is 5.98. The van der Waals surface area contributed by atoms with Crippen molar-refractivity contribution in [3.63, 3.8) is 0 Å². The second-order valence-electron chi connectivity index (χ2n) is 8.83. The lowest BCUT2D eigenvalue weighted by Gasteiger charge is -2.18. The maximum Gasteiger partial charge on any atom is 0.255 e. The molecule has 1 amide bonds. The molecule has 3 aromatic carbocycles. The molecule has 186 valence electrons. The average Bonchev–Trinajstić information content (AvgIpc) is 3.22. The van der Waals surface area contributed by atoms with Crippen LogP contribution in [0.4, 0.5) is 4.39 Å². The first-order chi connectivity index (χ1) is 17.5. The molecule has 0 aliphatic heterocycles. The van der Waals surface area contributed by atoms with E-state index in [1.165, 1.54) is 12.1 Å². The van der Waals surface area contributed by atoms with Crippen LogP contribution in [-0.4, -0.2) is 34.8 Å². The number of benzene rings is 3. The number of aryl methyl sites for hydroxylation is 1. The van der Waals surface area contributed by atoms with Gasteiger partial charge in [-0.2, -0.15) is 0 Å². The summed E-state index contributed by atoms with van der Waals surface area (Å²) in [6.45, 7) is 2.31. The molecular formula is C30H31FN2O3. The predicted octanol–water partition coefficient (Wildman–Crippen LogP) is 5.61. The van der Waals surface area contributed by atoms with Gasteiger partial charge < -0.3 is 19.7 Å². The van der Waals surface area contributed by atoms with Gasteiger partial charge in [0.1, 0.15) is 11.6 Å². The molecule has 0 fully saturated rings. The van der Waals surface area contributed by atoms with Crippen molar-refractivity contribution >= 4 is 29.0 Å². The molecule has 0 saturated heterocycles. The summed E-state index contributed by atoms with van der Waals surface area (Å²) in [5.74, 6) is -0.0991. The summed E-state index contributed by atoms with van der Waals surface area (Å²) >= 11 is 0. The van der Waals surface area contributed by atoms with Crippen LogP contribution < -0.4 is 10.1 Å².